The molecule has 10 heteroatoms. The summed E-state index contributed by atoms with van der Waals surface area (Å²) in [5, 5.41) is 25.3. The molecular formula is C15H12N8O2. The Morgan fingerprint density at radius 2 is 2.36 bits per heavy atom. The maximum absolute atomic E-state index is 12.0. The van der Waals surface area contributed by atoms with Crippen molar-refractivity contribution in [1.29, 1.82) is 5.26 Å². The van der Waals surface area contributed by atoms with Gasteiger partial charge in [-0.3, -0.25) is 0 Å². The fraction of sp³-hybridized carbons (Fsp3) is 0.0667. The number of aromatic nitrogens is 6. The van der Waals surface area contributed by atoms with Gasteiger partial charge in [0, 0.05) is 24.3 Å². The molecule has 0 radical (unpaired) electrons. The van der Waals surface area contributed by atoms with Crippen LogP contribution in [0.2, 0.25) is 0 Å². The molecule has 2 N–H and O–H groups in total. The van der Waals surface area contributed by atoms with Crippen molar-refractivity contribution >= 4 is 17.2 Å². The third-order valence-electron chi connectivity index (χ3n) is 3.29. The molecule has 0 bridgehead atoms. The Bertz CT molecular complexity index is 939. The number of imidazole rings is 1. The Kier molecular flexibility index (Phi) is 4.48. The maximum atomic E-state index is 12.0. The average molecular weight is 336 g/mol. The van der Waals surface area contributed by atoms with Crippen LogP contribution in [0.3, 0.4) is 0 Å². The van der Waals surface area contributed by atoms with Gasteiger partial charge in [-0.15, -0.1) is 10.2 Å². The number of anilines is 1. The number of methoxy groups -OCH3 is 1. The zero-order valence-corrected chi connectivity index (χ0v) is 13.0. The number of hydrogen-bond acceptors (Lipinski definition) is 8. The van der Waals surface area contributed by atoms with E-state index in [1.165, 1.54) is 13.3 Å². The number of carbonyl (C=O) groups excluding carboxylic acids is 1. The van der Waals surface area contributed by atoms with Crippen molar-refractivity contribution in [3.05, 3.63) is 54.5 Å². The third-order valence-corrected chi connectivity index (χ3v) is 3.29. The summed E-state index contributed by atoms with van der Waals surface area (Å²) in [6.07, 6.45) is 6.44. The van der Waals surface area contributed by atoms with E-state index in [1.807, 2.05) is 6.07 Å². The quantitative estimate of drug-likeness (QED) is 0.523. The fourth-order valence-corrected chi connectivity index (χ4v) is 2.08. The van der Waals surface area contributed by atoms with Crippen LogP contribution in [0.4, 0.5) is 5.69 Å². The second-order valence-corrected chi connectivity index (χ2v) is 4.74. The highest BCUT2D eigenvalue weighted by Crippen LogP contribution is 2.22. The van der Waals surface area contributed by atoms with Crippen LogP contribution in [0, 0.1) is 11.3 Å². The number of rotatable bonds is 5. The first-order valence-electron chi connectivity index (χ1n) is 7.04. The molecule has 0 fully saturated rings. The minimum absolute atomic E-state index is 0.139. The smallest absolute Gasteiger partial charge is 0.339 e. The lowest BCUT2D eigenvalue weighted by Gasteiger charge is -2.11. The van der Waals surface area contributed by atoms with Gasteiger partial charge in [0.05, 0.1) is 24.7 Å². The Hall–Kier alpha value is -4.00. The van der Waals surface area contributed by atoms with Crippen molar-refractivity contribution in [2.45, 2.75) is 0 Å². The molecule has 0 aliphatic rings. The minimum Gasteiger partial charge on any atom is -0.465 e. The Balaban J connectivity index is 1.99. The highest BCUT2D eigenvalue weighted by atomic mass is 16.5. The largest absolute Gasteiger partial charge is 0.465 e. The van der Waals surface area contributed by atoms with E-state index >= 15 is 0 Å². The second-order valence-electron chi connectivity index (χ2n) is 4.74. The van der Waals surface area contributed by atoms with Crippen molar-refractivity contribution < 1.29 is 9.53 Å². The van der Waals surface area contributed by atoms with E-state index in [0.717, 1.165) is 5.69 Å². The van der Waals surface area contributed by atoms with Crippen molar-refractivity contribution in [2.24, 2.45) is 0 Å². The summed E-state index contributed by atoms with van der Waals surface area (Å²) in [5.74, 6) is -0.369. The van der Waals surface area contributed by atoms with E-state index in [4.69, 9.17) is 4.74 Å². The molecule has 0 amide bonds. The van der Waals surface area contributed by atoms with Crippen molar-refractivity contribution in [3.8, 4) is 11.8 Å². The topological polar surface area (TPSA) is 134 Å². The summed E-state index contributed by atoms with van der Waals surface area (Å²) < 4.78 is 6.57. The fourth-order valence-electron chi connectivity index (χ4n) is 2.08. The van der Waals surface area contributed by atoms with Gasteiger partial charge < -0.3 is 14.6 Å². The van der Waals surface area contributed by atoms with Crippen LogP contribution in [0.25, 0.3) is 11.3 Å². The van der Waals surface area contributed by atoms with Gasteiger partial charge >= 0.3 is 5.97 Å². The van der Waals surface area contributed by atoms with E-state index in [2.05, 4.69) is 30.9 Å². The molecule has 0 aliphatic carbocycles. The van der Waals surface area contributed by atoms with E-state index < -0.39 is 5.97 Å². The number of hydrogen-bond donors (Lipinski definition) is 2. The lowest BCUT2D eigenvalue weighted by molar-refractivity contribution is 0.0602. The number of aromatic amines is 1. The maximum Gasteiger partial charge on any atom is 0.339 e. The Morgan fingerprint density at radius 3 is 3.00 bits per heavy atom. The number of nitriles is 1. The number of ether oxygens (including phenoxy) is 1. The first-order chi connectivity index (χ1) is 12.2. The summed E-state index contributed by atoms with van der Waals surface area (Å²) in [6.45, 7) is 0. The Labute approximate surface area is 141 Å². The summed E-state index contributed by atoms with van der Waals surface area (Å²) >= 11 is 0. The van der Waals surface area contributed by atoms with Crippen LogP contribution in [0.5, 0.6) is 0 Å². The van der Waals surface area contributed by atoms with E-state index in [0.29, 0.717) is 11.3 Å². The molecule has 124 valence electrons. The molecule has 2 aromatic heterocycles. The molecule has 2 heterocycles. The molecule has 1 aromatic carbocycles. The van der Waals surface area contributed by atoms with Gasteiger partial charge in [-0.25, -0.2) is 9.78 Å². The molecule has 0 aliphatic heterocycles. The first-order valence-corrected chi connectivity index (χ1v) is 7.04. The van der Waals surface area contributed by atoms with Crippen molar-refractivity contribution in [1.82, 2.24) is 30.2 Å². The lowest BCUT2D eigenvalue weighted by Crippen LogP contribution is -2.07. The SMILES string of the molecule is COC(=O)c1ccc(-n2ccnc2)cc1NC=C(C#N)c1nn[nH]n1. The third kappa shape index (κ3) is 3.35. The van der Waals surface area contributed by atoms with Crippen LogP contribution in [-0.2, 0) is 4.74 Å². The van der Waals surface area contributed by atoms with Crippen LogP contribution in [-0.4, -0.2) is 43.3 Å². The van der Waals surface area contributed by atoms with Gasteiger partial charge in [-0.2, -0.15) is 10.5 Å². The number of esters is 1. The normalized spacial score (nSPS) is 11.0. The van der Waals surface area contributed by atoms with Crippen LogP contribution in [0.1, 0.15) is 16.2 Å². The molecule has 3 aromatic rings. The van der Waals surface area contributed by atoms with Gasteiger partial charge in [0.25, 0.3) is 0 Å². The van der Waals surface area contributed by atoms with E-state index in [1.54, 1.807) is 41.5 Å². The predicted molar refractivity (Wildman–Crippen MR) is 86.3 cm³/mol. The number of tetrazole rings is 1. The van der Waals surface area contributed by atoms with Gasteiger partial charge in [-0.1, -0.05) is 0 Å². The predicted octanol–water partition coefficient (Wildman–Crippen LogP) is 1.15. The molecule has 0 unspecified atom stereocenters. The molecule has 10 nitrogen and oxygen atoms in total. The zero-order chi connectivity index (χ0) is 17.6. The lowest BCUT2D eigenvalue weighted by atomic mass is 10.1. The molecular weight excluding hydrogens is 324 g/mol. The van der Waals surface area contributed by atoms with Crippen LogP contribution < -0.4 is 5.32 Å². The number of benzene rings is 1. The van der Waals surface area contributed by atoms with E-state index in [9.17, 15) is 10.1 Å². The second kappa shape index (κ2) is 7.05. The van der Waals surface area contributed by atoms with Crippen molar-refractivity contribution in [2.75, 3.05) is 12.4 Å². The van der Waals surface area contributed by atoms with Gasteiger partial charge in [0.15, 0.2) is 0 Å². The first kappa shape index (κ1) is 15.9. The average Bonchev–Trinajstić information content (AvgIpc) is 3.35. The summed E-state index contributed by atoms with van der Waals surface area (Å²) in [6, 6.07) is 7.07. The number of allylic oxidation sites excluding steroid dienone is 1. The van der Waals surface area contributed by atoms with Crippen molar-refractivity contribution in [3.63, 3.8) is 0 Å². The number of H-pyrrole nitrogens is 1. The highest BCUT2D eigenvalue weighted by molar-refractivity contribution is 5.96. The van der Waals surface area contributed by atoms with Crippen LogP contribution in [0.15, 0.2) is 43.1 Å². The molecule has 0 atom stereocenters. The number of nitrogens with zero attached hydrogens (tertiary/aromatic N) is 6. The summed E-state index contributed by atoms with van der Waals surface area (Å²) in [5.41, 5.74) is 1.69. The minimum atomic E-state index is -0.508. The van der Waals surface area contributed by atoms with Gasteiger partial charge in [-0.05, 0) is 23.4 Å². The molecule has 0 saturated heterocycles. The molecule has 25 heavy (non-hydrogen) atoms. The Morgan fingerprint density at radius 1 is 1.48 bits per heavy atom. The summed E-state index contributed by atoms with van der Waals surface area (Å²) in [4.78, 5) is 16.0. The number of carbonyl (C=O) groups is 1. The number of nitrogens with one attached hydrogen (secondary N) is 2. The summed E-state index contributed by atoms with van der Waals surface area (Å²) in [7, 11) is 1.30. The molecule has 0 saturated carbocycles. The van der Waals surface area contributed by atoms with Crippen LogP contribution >= 0.6 is 0 Å². The van der Waals surface area contributed by atoms with E-state index in [-0.39, 0.29) is 11.4 Å². The molecule has 3 rings (SSSR count). The zero-order valence-electron chi connectivity index (χ0n) is 13.0. The standard InChI is InChI=1S/C15H12N8O2/c1-25-15(24)12-3-2-11(23-5-4-17-9-23)6-13(12)18-8-10(7-16)14-19-21-22-20-14/h2-6,8-9,18H,1H3,(H,19,20,21,22). The molecule has 0 spiro atoms. The van der Waals surface area contributed by atoms with Gasteiger partial charge in [0.1, 0.15) is 11.6 Å². The monoisotopic (exact) mass is 336 g/mol. The highest BCUT2D eigenvalue weighted by Gasteiger charge is 2.13. The van der Waals surface area contributed by atoms with Gasteiger partial charge in [0.2, 0.25) is 5.82 Å².